The molecule has 0 aliphatic rings. The molecule has 60 valence electrons. The molecule has 0 radical (unpaired) electrons. The van der Waals surface area contributed by atoms with Crippen molar-refractivity contribution in [2.45, 2.75) is 20.8 Å². The molecule has 0 saturated carbocycles. The molecular weight excluding hydrogens is 132 g/mol. The van der Waals surface area contributed by atoms with E-state index in [1.807, 2.05) is 0 Å². The molecule has 0 aromatic carbocycles. The molecule has 4 nitrogen and oxygen atoms in total. The lowest BCUT2D eigenvalue weighted by Crippen LogP contribution is -2.14. The Balaban J connectivity index is 0. The van der Waals surface area contributed by atoms with Gasteiger partial charge < -0.3 is 0 Å². The van der Waals surface area contributed by atoms with Gasteiger partial charge in [-0.1, -0.05) is 0 Å². The quantitative estimate of drug-likeness (QED) is 0.316. The standard InChI is InChI=1S/C6H10O2.H4N2/c1-4(5(2)7)6(3)8;1-2/h4H,1-3H3;1-2H2. The van der Waals surface area contributed by atoms with Crippen LogP contribution >= 0.6 is 0 Å². The molecule has 4 N–H and O–H groups in total. The predicted octanol–water partition coefficient (Wildman–Crippen LogP) is -0.381. The third-order valence-electron chi connectivity index (χ3n) is 1.22. The van der Waals surface area contributed by atoms with Gasteiger partial charge in [-0.25, -0.2) is 0 Å². The summed E-state index contributed by atoms with van der Waals surface area (Å²) in [5.74, 6) is 7.48. The fourth-order valence-electron chi connectivity index (χ4n) is 0.286. The molecule has 0 fully saturated rings. The first-order valence-electron chi connectivity index (χ1n) is 2.90. The van der Waals surface area contributed by atoms with Crippen molar-refractivity contribution >= 4 is 11.6 Å². The first kappa shape index (κ1) is 12.0. The van der Waals surface area contributed by atoms with Crippen LogP contribution in [0.15, 0.2) is 0 Å². The molecule has 4 heteroatoms. The SMILES string of the molecule is CC(=O)C(C)C(C)=O.NN. The van der Waals surface area contributed by atoms with Crippen molar-refractivity contribution in [1.29, 1.82) is 0 Å². The summed E-state index contributed by atoms with van der Waals surface area (Å²) in [4.78, 5) is 20.7. The van der Waals surface area contributed by atoms with E-state index in [2.05, 4.69) is 11.7 Å². The van der Waals surface area contributed by atoms with Crippen LogP contribution in [0.2, 0.25) is 0 Å². The maximum Gasteiger partial charge on any atom is 0.139 e. The third kappa shape index (κ3) is 5.40. The topological polar surface area (TPSA) is 86.2 Å². The highest BCUT2D eigenvalue weighted by Gasteiger charge is 2.10. The van der Waals surface area contributed by atoms with Gasteiger partial charge in [0.15, 0.2) is 0 Å². The molecule has 0 aromatic heterocycles. The van der Waals surface area contributed by atoms with Gasteiger partial charge in [0.2, 0.25) is 0 Å². The number of carbonyl (C=O) groups is 2. The van der Waals surface area contributed by atoms with Crippen LogP contribution in [-0.2, 0) is 9.59 Å². The van der Waals surface area contributed by atoms with Gasteiger partial charge >= 0.3 is 0 Å². The number of hydrogen-bond donors (Lipinski definition) is 2. The van der Waals surface area contributed by atoms with Crippen LogP contribution in [0.25, 0.3) is 0 Å². The zero-order valence-corrected chi connectivity index (χ0v) is 6.55. The van der Waals surface area contributed by atoms with E-state index in [0.29, 0.717) is 0 Å². The molecule has 0 rings (SSSR count). The normalized spacial score (nSPS) is 8.20. The van der Waals surface area contributed by atoms with Crippen molar-refractivity contribution in [1.82, 2.24) is 0 Å². The molecule has 0 aliphatic carbocycles. The van der Waals surface area contributed by atoms with Crippen molar-refractivity contribution in [3.63, 3.8) is 0 Å². The van der Waals surface area contributed by atoms with E-state index in [1.165, 1.54) is 13.8 Å². The predicted molar refractivity (Wildman–Crippen MR) is 38.9 cm³/mol. The highest BCUT2D eigenvalue weighted by Crippen LogP contribution is 1.95. The first-order chi connectivity index (χ1) is 4.55. The Bertz CT molecular complexity index is 109. The molecule has 0 amide bonds. The highest BCUT2D eigenvalue weighted by molar-refractivity contribution is 5.99. The van der Waals surface area contributed by atoms with Crippen molar-refractivity contribution in [3.05, 3.63) is 0 Å². The molecule has 0 aromatic rings. The lowest BCUT2D eigenvalue weighted by atomic mass is 10.0. The maximum atomic E-state index is 10.4. The Kier molecular flexibility index (Phi) is 7.65. The summed E-state index contributed by atoms with van der Waals surface area (Å²) < 4.78 is 0. The van der Waals surface area contributed by atoms with E-state index < -0.39 is 5.92 Å². The van der Waals surface area contributed by atoms with E-state index >= 15 is 0 Å². The third-order valence-corrected chi connectivity index (χ3v) is 1.22. The van der Waals surface area contributed by atoms with Crippen molar-refractivity contribution in [3.8, 4) is 0 Å². The smallest absolute Gasteiger partial charge is 0.139 e. The Morgan fingerprint density at radius 2 is 1.30 bits per heavy atom. The fraction of sp³-hybridized carbons (Fsp3) is 0.667. The van der Waals surface area contributed by atoms with Crippen LogP contribution < -0.4 is 11.7 Å². The van der Waals surface area contributed by atoms with Gasteiger partial charge in [0.05, 0.1) is 5.92 Å². The lowest BCUT2D eigenvalue weighted by molar-refractivity contribution is -0.129. The van der Waals surface area contributed by atoms with Gasteiger partial charge in [0.25, 0.3) is 0 Å². The second-order valence-corrected chi connectivity index (χ2v) is 1.94. The molecule has 10 heavy (non-hydrogen) atoms. The average molecular weight is 146 g/mol. The zero-order chi connectivity index (χ0) is 8.73. The summed E-state index contributed by atoms with van der Waals surface area (Å²) >= 11 is 0. The van der Waals surface area contributed by atoms with Crippen LogP contribution in [0.5, 0.6) is 0 Å². The molecule has 0 bridgehead atoms. The zero-order valence-electron chi connectivity index (χ0n) is 6.55. The van der Waals surface area contributed by atoms with Crippen LogP contribution in [0.4, 0.5) is 0 Å². The van der Waals surface area contributed by atoms with E-state index in [9.17, 15) is 9.59 Å². The van der Waals surface area contributed by atoms with Crippen molar-refractivity contribution in [2.24, 2.45) is 17.6 Å². The number of carbonyl (C=O) groups excluding carboxylic acids is 2. The van der Waals surface area contributed by atoms with Crippen LogP contribution in [-0.4, -0.2) is 11.6 Å². The summed E-state index contributed by atoms with van der Waals surface area (Å²) in [6.45, 7) is 4.46. The number of Topliss-reactive ketones (excluding diaryl/α,β-unsaturated/α-hetero) is 2. The van der Waals surface area contributed by atoms with Crippen molar-refractivity contribution in [2.75, 3.05) is 0 Å². The van der Waals surface area contributed by atoms with E-state index in [-0.39, 0.29) is 11.6 Å². The van der Waals surface area contributed by atoms with Gasteiger partial charge in [0, 0.05) is 0 Å². The molecular formula is C6H14N2O2. The average Bonchev–Trinajstić information content (AvgIpc) is 1.90. The molecule has 0 saturated heterocycles. The summed E-state index contributed by atoms with van der Waals surface area (Å²) in [6, 6.07) is 0. The van der Waals surface area contributed by atoms with Gasteiger partial charge in [0.1, 0.15) is 11.6 Å². The second kappa shape index (κ2) is 6.38. The Hall–Kier alpha value is -0.740. The van der Waals surface area contributed by atoms with E-state index in [4.69, 9.17) is 0 Å². The number of ketones is 2. The molecule has 0 spiro atoms. The van der Waals surface area contributed by atoms with E-state index in [0.717, 1.165) is 0 Å². The summed E-state index contributed by atoms with van der Waals surface area (Å²) in [5.41, 5.74) is 0. The Labute approximate surface area is 60.5 Å². The Morgan fingerprint density at radius 3 is 1.30 bits per heavy atom. The minimum absolute atomic E-state index is 0.0579. The number of hydrazine groups is 1. The minimum Gasteiger partial charge on any atom is -0.299 e. The molecule has 0 unspecified atom stereocenters. The molecule has 0 heterocycles. The summed E-state index contributed by atoms with van der Waals surface area (Å²) in [7, 11) is 0. The summed E-state index contributed by atoms with van der Waals surface area (Å²) in [6.07, 6.45) is 0. The van der Waals surface area contributed by atoms with Gasteiger partial charge in [-0.15, -0.1) is 0 Å². The van der Waals surface area contributed by atoms with Gasteiger partial charge in [-0.2, -0.15) is 0 Å². The largest absolute Gasteiger partial charge is 0.299 e. The first-order valence-corrected chi connectivity index (χ1v) is 2.90. The number of rotatable bonds is 2. The minimum atomic E-state index is -0.407. The number of hydrogen-bond acceptors (Lipinski definition) is 4. The Morgan fingerprint density at radius 1 is 1.10 bits per heavy atom. The van der Waals surface area contributed by atoms with Crippen LogP contribution in [0.3, 0.4) is 0 Å². The van der Waals surface area contributed by atoms with Gasteiger partial charge in [-0.05, 0) is 20.8 Å². The van der Waals surface area contributed by atoms with Crippen molar-refractivity contribution < 1.29 is 9.59 Å². The molecule has 0 atom stereocenters. The molecule has 0 aliphatic heterocycles. The maximum absolute atomic E-state index is 10.4. The fourth-order valence-corrected chi connectivity index (χ4v) is 0.286. The second-order valence-electron chi connectivity index (χ2n) is 1.94. The lowest BCUT2D eigenvalue weighted by Gasteiger charge is -1.97. The van der Waals surface area contributed by atoms with Gasteiger partial charge in [-0.3, -0.25) is 21.3 Å². The van der Waals surface area contributed by atoms with Crippen LogP contribution in [0.1, 0.15) is 20.8 Å². The number of nitrogens with two attached hydrogens (primary N) is 2. The van der Waals surface area contributed by atoms with E-state index in [1.54, 1.807) is 6.92 Å². The monoisotopic (exact) mass is 146 g/mol. The highest BCUT2D eigenvalue weighted by atomic mass is 16.1. The van der Waals surface area contributed by atoms with Crippen LogP contribution in [0, 0.1) is 5.92 Å². The summed E-state index contributed by atoms with van der Waals surface area (Å²) in [5, 5.41) is 0.